The largest absolute Gasteiger partial charge is 0.393 e. The molecule has 1 aliphatic rings. The van der Waals surface area contributed by atoms with Gasteiger partial charge in [-0.05, 0) is 44.4 Å². The highest BCUT2D eigenvalue weighted by Gasteiger charge is 2.29. The average Bonchev–Trinajstić information content (AvgIpc) is 2.37. The van der Waals surface area contributed by atoms with Crippen molar-refractivity contribution in [2.75, 3.05) is 12.3 Å². The van der Waals surface area contributed by atoms with Gasteiger partial charge in [0.25, 0.3) is 0 Å². The van der Waals surface area contributed by atoms with Crippen LogP contribution in [0, 0.1) is 0 Å². The van der Waals surface area contributed by atoms with Gasteiger partial charge in [0, 0.05) is 6.04 Å². The van der Waals surface area contributed by atoms with Gasteiger partial charge in [0.1, 0.15) is 0 Å². The summed E-state index contributed by atoms with van der Waals surface area (Å²) in [5, 5.41) is 12.6. The minimum atomic E-state index is -3.10. The molecule has 0 saturated carbocycles. The predicted octanol–water partition coefficient (Wildman–Crippen LogP) is 1.66. The van der Waals surface area contributed by atoms with E-state index in [2.05, 4.69) is 5.32 Å². The molecule has 0 aromatic heterocycles. The Morgan fingerprint density at radius 3 is 2.89 bits per heavy atom. The van der Waals surface area contributed by atoms with E-state index in [0.717, 1.165) is 24.9 Å². The standard InChI is InChI=1S/C14H21NO3S/c1-11(16)5-4-9-15-13-8-10-19(17,18)14-7-3-2-6-12(13)14/h2-3,6-7,11,13,15-16H,4-5,8-10H2,1H3. The Morgan fingerprint density at radius 1 is 1.42 bits per heavy atom. The molecule has 0 amide bonds. The van der Waals surface area contributed by atoms with Gasteiger partial charge in [-0.15, -0.1) is 0 Å². The molecule has 0 fully saturated rings. The molecule has 4 nitrogen and oxygen atoms in total. The van der Waals surface area contributed by atoms with Crippen LogP contribution in [0.1, 0.15) is 37.8 Å². The van der Waals surface area contributed by atoms with Crippen molar-refractivity contribution >= 4 is 9.84 Å². The maximum atomic E-state index is 12.0. The first-order chi connectivity index (χ1) is 9.00. The molecule has 1 aromatic carbocycles. The highest BCUT2D eigenvalue weighted by molar-refractivity contribution is 7.91. The maximum absolute atomic E-state index is 12.0. The summed E-state index contributed by atoms with van der Waals surface area (Å²) >= 11 is 0. The van der Waals surface area contributed by atoms with E-state index in [1.54, 1.807) is 19.1 Å². The normalized spacial score (nSPS) is 22.7. The molecule has 1 aliphatic heterocycles. The third kappa shape index (κ3) is 3.55. The average molecular weight is 283 g/mol. The van der Waals surface area contributed by atoms with Crippen molar-refractivity contribution in [3.63, 3.8) is 0 Å². The third-order valence-electron chi connectivity index (χ3n) is 3.49. The summed E-state index contributed by atoms with van der Waals surface area (Å²) in [6, 6.07) is 7.33. The summed E-state index contributed by atoms with van der Waals surface area (Å²) in [5.74, 6) is 0.206. The highest BCUT2D eigenvalue weighted by atomic mass is 32.2. The van der Waals surface area contributed by atoms with Crippen LogP contribution in [0.3, 0.4) is 0 Å². The lowest BCUT2D eigenvalue weighted by Crippen LogP contribution is -2.30. The van der Waals surface area contributed by atoms with E-state index >= 15 is 0 Å². The molecule has 19 heavy (non-hydrogen) atoms. The Balaban J connectivity index is 2.04. The van der Waals surface area contributed by atoms with Crippen LogP contribution in [-0.4, -0.2) is 31.9 Å². The molecule has 106 valence electrons. The van der Waals surface area contributed by atoms with Crippen molar-refractivity contribution in [1.29, 1.82) is 0 Å². The molecular weight excluding hydrogens is 262 g/mol. The van der Waals surface area contributed by atoms with Gasteiger partial charge in [0.05, 0.1) is 16.8 Å². The van der Waals surface area contributed by atoms with Gasteiger partial charge in [0.2, 0.25) is 0 Å². The van der Waals surface area contributed by atoms with Gasteiger partial charge >= 0.3 is 0 Å². The number of aliphatic hydroxyl groups excluding tert-OH is 1. The van der Waals surface area contributed by atoms with Crippen molar-refractivity contribution in [2.45, 2.75) is 43.2 Å². The zero-order valence-electron chi connectivity index (χ0n) is 11.2. The van der Waals surface area contributed by atoms with Crippen LogP contribution in [0.4, 0.5) is 0 Å². The van der Waals surface area contributed by atoms with Crippen LogP contribution in [0.5, 0.6) is 0 Å². The first-order valence-electron chi connectivity index (χ1n) is 6.74. The smallest absolute Gasteiger partial charge is 0.178 e. The SMILES string of the molecule is CC(O)CCCNC1CCS(=O)(=O)c2ccccc21. The van der Waals surface area contributed by atoms with Crippen LogP contribution in [0.2, 0.25) is 0 Å². The fourth-order valence-electron chi connectivity index (χ4n) is 2.48. The Kier molecular flexibility index (Phi) is 4.60. The lowest BCUT2D eigenvalue weighted by molar-refractivity contribution is 0.181. The van der Waals surface area contributed by atoms with E-state index in [-0.39, 0.29) is 17.9 Å². The lowest BCUT2D eigenvalue weighted by atomic mass is 10.0. The van der Waals surface area contributed by atoms with Crippen LogP contribution in [-0.2, 0) is 9.84 Å². The van der Waals surface area contributed by atoms with E-state index in [9.17, 15) is 13.5 Å². The molecule has 2 N–H and O–H groups in total. The summed E-state index contributed by atoms with van der Waals surface area (Å²) in [6.45, 7) is 2.58. The number of hydrogen-bond donors (Lipinski definition) is 2. The fourth-order valence-corrected chi connectivity index (χ4v) is 4.10. The number of rotatable bonds is 5. The molecule has 1 heterocycles. The van der Waals surface area contributed by atoms with Crippen LogP contribution in [0.25, 0.3) is 0 Å². The zero-order chi connectivity index (χ0) is 13.9. The van der Waals surface area contributed by atoms with Gasteiger partial charge in [-0.2, -0.15) is 0 Å². The Hall–Kier alpha value is -0.910. The Bertz CT molecular complexity index is 525. The van der Waals surface area contributed by atoms with Gasteiger partial charge in [-0.25, -0.2) is 8.42 Å². The minimum Gasteiger partial charge on any atom is -0.393 e. The van der Waals surface area contributed by atoms with E-state index in [4.69, 9.17) is 0 Å². The number of sulfone groups is 1. The molecule has 1 aromatic rings. The molecule has 0 bridgehead atoms. The molecule has 0 aliphatic carbocycles. The summed E-state index contributed by atoms with van der Waals surface area (Å²) < 4.78 is 24.0. The number of fused-ring (bicyclic) bond motifs is 1. The van der Waals surface area contributed by atoms with E-state index in [1.807, 2.05) is 12.1 Å². The molecular formula is C14H21NO3S. The van der Waals surface area contributed by atoms with E-state index < -0.39 is 9.84 Å². The molecule has 5 heteroatoms. The zero-order valence-corrected chi connectivity index (χ0v) is 12.0. The van der Waals surface area contributed by atoms with Crippen molar-refractivity contribution in [3.05, 3.63) is 29.8 Å². The fraction of sp³-hybridized carbons (Fsp3) is 0.571. The summed E-state index contributed by atoms with van der Waals surface area (Å²) in [7, 11) is -3.10. The number of hydrogen-bond acceptors (Lipinski definition) is 4. The molecule has 2 unspecified atom stereocenters. The summed E-state index contributed by atoms with van der Waals surface area (Å²) in [6.07, 6.45) is 2.00. The lowest BCUT2D eigenvalue weighted by Gasteiger charge is -2.26. The number of nitrogens with one attached hydrogen (secondary N) is 1. The van der Waals surface area contributed by atoms with Crippen molar-refractivity contribution in [1.82, 2.24) is 5.32 Å². The van der Waals surface area contributed by atoms with E-state index in [0.29, 0.717) is 11.3 Å². The van der Waals surface area contributed by atoms with E-state index in [1.165, 1.54) is 0 Å². The molecule has 0 radical (unpaired) electrons. The summed E-state index contributed by atoms with van der Waals surface area (Å²) in [5.41, 5.74) is 0.880. The Morgan fingerprint density at radius 2 is 2.16 bits per heavy atom. The monoisotopic (exact) mass is 283 g/mol. The Labute approximate surface area is 114 Å². The van der Waals surface area contributed by atoms with Crippen molar-refractivity contribution in [3.8, 4) is 0 Å². The minimum absolute atomic E-state index is 0.105. The first kappa shape index (κ1) is 14.5. The van der Waals surface area contributed by atoms with Gasteiger partial charge in [0.15, 0.2) is 9.84 Å². The highest BCUT2D eigenvalue weighted by Crippen LogP contribution is 2.31. The van der Waals surface area contributed by atoms with Crippen LogP contribution in [0.15, 0.2) is 29.2 Å². The number of aliphatic hydroxyl groups is 1. The van der Waals surface area contributed by atoms with Crippen molar-refractivity contribution in [2.24, 2.45) is 0 Å². The maximum Gasteiger partial charge on any atom is 0.178 e. The first-order valence-corrected chi connectivity index (χ1v) is 8.39. The van der Waals surface area contributed by atoms with Crippen LogP contribution >= 0.6 is 0 Å². The van der Waals surface area contributed by atoms with Crippen molar-refractivity contribution < 1.29 is 13.5 Å². The topological polar surface area (TPSA) is 66.4 Å². The van der Waals surface area contributed by atoms with Crippen LogP contribution < -0.4 is 5.32 Å². The molecule has 2 rings (SSSR count). The third-order valence-corrected chi connectivity index (χ3v) is 5.31. The second kappa shape index (κ2) is 6.03. The van der Waals surface area contributed by atoms with Gasteiger partial charge in [-0.3, -0.25) is 0 Å². The second-order valence-corrected chi connectivity index (χ2v) is 7.22. The van der Waals surface area contributed by atoms with Gasteiger partial charge in [-0.1, -0.05) is 18.2 Å². The second-order valence-electron chi connectivity index (χ2n) is 5.14. The quantitative estimate of drug-likeness (QED) is 0.807. The molecule has 0 spiro atoms. The summed E-state index contributed by atoms with van der Waals surface area (Å²) in [4.78, 5) is 0.467. The molecule has 0 saturated heterocycles. The predicted molar refractivity (Wildman–Crippen MR) is 74.8 cm³/mol. The number of benzene rings is 1. The van der Waals surface area contributed by atoms with Gasteiger partial charge < -0.3 is 10.4 Å². The molecule has 2 atom stereocenters.